The molecule has 1 aliphatic rings. The van der Waals surface area contributed by atoms with Crippen molar-refractivity contribution >= 4 is 18.0 Å². The SMILES string of the molecule is C[C@@H](OC(=O)/C=C/c1cccc(F)c1)C(=O)N[C@@H]1CCCC[C@@H]1C. The van der Waals surface area contributed by atoms with Crippen molar-refractivity contribution in [1.82, 2.24) is 5.32 Å². The van der Waals surface area contributed by atoms with Crippen LogP contribution in [-0.2, 0) is 14.3 Å². The third-order valence-electron chi connectivity index (χ3n) is 4.36. The van der Waals surface area contributed by atoms with E-state index in [1.165, 1.54) is 30.7 Å². The number of rotatable bonds is 5. The molecule has 1 aromatic rings. The Morgan fingerprint density at radius 1 is 1.33 bits per heavy atom. The maximum Gasteiger partial charge on any atom is 0.331 e. The van der Waals surface area contributed by atoms with Crippen LogP contribution in [0.4, 0.5) is 4.39 Å². The molecule has 4 nitrogen and oxygen atoms in total. The van der Waals surface area contributed by atoms with Gasteiger partial charge in [-0.15, -0.1) is 0 Å². The minimum absolute atomic E-state index is 0.148. The Kier molecular flexibility index (Phi) is 6.53. The van der Waals surface area contributed by atoms with Crippen molar-refractivity contribution in [3.8, 4) is 0 Å². The monoisotopic (exact) mass is 333 g/mol. The Bertz CT molecular complexity index is 614. The average molecular weight is 333 g/mol. The van der Waals surface area contributed by atoms with E-state index in [0.29, 0.717) is 11.5 Å². The summed E-state index contributed by atoms with van der Waals surface area (Å²) in [5, 5.41) is 2.97. The fourth-order valence-corrected chi connectivity index (χ4v) is 2.87. The van der Waals surface area contributed by atoms with Gasteiger partial charge in [0.15, 0.2) is 6.10 Å². The van der Waals surface area contributed by atoms with Crippen LogP contribution in [0.15, 0.2) is 30.3 Å². The number of ether oxygens (including phenoxy) is 1. The first-order chi connectivity index (χ1) is 11.5. The van der Waals surface area contributed by atoms with E-state index < -0.39 is 12.1 Å². The summed E-state index contributed by atoms with van der Waals surface area (Å²) >= 11 is 0. The lowest BCUT2D eigenvalue weighted by molar-refractivity contribution is -0.150. The molecule has 1 N–H and O–H groups in total. The van der Waals surface area contributed by atoms with Gasteiger partial charge in [0.05, 0.1) is 0 Å². The fourth-order valence-electron chi connectivity index (χ4n) is 2.87. The number of carbonyl (C=O) groups excluding carboxylic acids is 2. The van der Waals surface area contributed by atoms with Crippen molar-refractivity contribution in [2.45, 2.75) is 51.7 Å². The predicted octanol–water partition coefficient (Wildman–Crippen LogP) is 3.47. The van der Waals surface area contributed by atoms with E-state index in [9.17, 15) is 14.0 Å². The van der Waals surface area contributed by atoms with E-state index in [2.05, 4.69) is 12.2 Å². The molecule has 130 valence electrons. The van der Waals surface area contributed by atoms with Gasteiger partial charge in [-0.05, 0) is 49.5 Å². The summed E-state index contributed by atoms with van der Waals surface area (Å²) in [4.78, 5) is 23.9. The van der Waals surface area contributed by atoms with Gasteiger partial charge in [0, 0.05) is 12.1 Å². The molecular weight excluding hydrogens is 309 g/mol. The summed E-state index contributed by atoms with van der Waals surface area (Å²) < 4.78 is 18.2. The Morgan fingerprint density at radius 2 is 2.08 bits per heavy atom. The number of benzene rings is 1. The van der Waals surface area contributed by atoms with Gasteiger partial charge in [-0.2, -0.15) is 0 Å². The third-order valence-corrected chi connectivity index (χ3v) is 4.36. The number of amides is 1. The number of nitrogens with one attached hydrogen (secondary N) is 1. The number of carbonyl (C=O) groups is 2. The second-order valence-electron chi connectivity index (χ2n) is 6.34. The molecule has 0 unspecified atom stereocenters. The number of halogens is 1. The van der Waals surface area contributed by atoms with Crippen LogP contribution < -0.4 is 5.32 Å². The van der Waals surface area contributed by atoms with E-state index in [0.717, 1.165) is 19.3 Å². The molecule has 0 saturated heterocycles. The molecule has 0 heterocycles. The van der Waals surface area contributed by atoms with Gasteiger partial charge in [0.25, 0.3) is 5.91 Å². The second kappa shape index (κ2) is 8.62. The van der Waals surface area contributed by atoms with Crippen LogP contribution >= 0.6 is 0 Å². The quantitative estimate of drug-likeness (QED) is 0.663. The molecule has 0 spiro atoms. The van der Waals surface area contributed by atoms with E-state index in [-0.39, 0.29) is 17.8 Å². The Labute approximate surface area is 142 Å². The summed E-state index contributed by atoms with van der Waals surface area (Å²) in [6.07, 6.45) is 6.18. The maximum atomic E-state index is 13.1. The molecule has 24 heavy (non-hydrogen) atoms. The molecular formula is C19H24FNO3. The largest absolute Gasteiger partial charge is 0.449 e. The van der Waals surface area contributed by atoms with Crippen molar-refractivity contribution in [2.75, 3.05) is 0 Å². The average Bonchev–Trinajstić information content (AvgIpc) is 2.55. The van der Waals surface area contributed by atoms with Crippen LogP contribution in [0.3, 0.4) is 0 Å². The molecule has 3 atom stereocenters. The summed E-state index contributed by atoms with van der Waals surface area (Å²) in [7, 11) is 0. The van der Waals surface area contributed by atoms with Gasteiger partial charge < -0.3 is 10.1 Å². The zero-order valence-electron chi connectivity index (χ0n) is 14.1. The van der Waals surface area contributed by atoms with Crippen LogP contribution in [0.2, 0.25) is 0 Å². The molecule has 1 aliphatic carbocycles. The van der Waals surface area contributed by atoms with Gasteiger partial charge >= 0.3 is 5.97 Å². The molecule has 0 radical (unpaired) electrons. The fraction of sp³-hybridized carbons (Fsp3) is 0.474. The molecule has 0 bridgehead atoms. The van der Waals surface area contributed by atoms with Crippen LogP contribution in [0.25, 0.3) is 6.08 Å². The first-order valence-electron chi connectivity index (χ1n) is 8.40. The van der Waals surface area contributed by atoms with Gasteiger partial charge in [-0.3, -0.25) is 4.79 Å². The standard InChI is InChI=1S/C19H24FNO3/c1-13-6-3-4-9-17(13)21-19(23)14(2)24-18(22)11-10-15-7-5-8-16(20)12-15/h5,7-8,10-14,17H,3-4,6,9H2,1-2H3,(H,21,23)/b11-10+/t13-,14+,17+/m0/s1. The lowest BCUT2D eigenvalue weighted by Crippen LogP contribution is -2.45. The Hall–Kier alpha value is -2.17. The van der Waals surface area contributed by atoms with E-state index >= 15 is 0 Å². The number of hydrogen-bond acceptors (Lipinski definition) is 3. The normalized spacial score (nSPS) is 22.1. The van der Waals surface area contributed by atoms with Crippen LogP contribution in [0.1, 0.15) is 45.1 Å². The maximum absolute atomic E-state index is 13.1. The van der Waals surface area contributed by atoms with E-state index in [1.54, 1.807) is 19.1 Å². The van der Waals surface area contributed by atoms with E-state index in [4.69, 9.17) is 4.74 Å². The van der Waals surface area contributed by atoms with Gasteiger partial charge in [0.1, 0.15) is 5.82 Å². The van der Waals surface area contributed by atoms with Gasteiger partial charge in [0.2, 0.25) is 0 Å². The highest BCUT2D eigenvalue weighted by molar-refractivity contribution is 5.90. The highest BCUT2D eigenvalue weighted by Gasteiger charge is 2.25. The Morgan fingerprint density at radius 3 is 2.79 bits per heavy atom. The number of hydrogen-bond donors (Lipinski definition) is 1. The van der Waals surface area contributed by atoms with Gasteiger partial charge in [-0.1, -0.05) is 31.9 Å². The highest BCUT2D eigenvalue weighted by Crippen LogP contribution is 2.23. The Balaban J connectivity index is 1.83. The summed E-state index contributed by atoms with van der Waals surface area (Å²) in [5.41, 5.74) is 0.556. The molecule has 5 heteroatoms. The summed E-state index contributed by atoms with van der Waals surface area (Å²) in [6.45, 7) is 3.68. The van der Waals surface area contributed by atoms with Crippen molar-refractivity contribution in [3.05, 3.63) is 41.7 Å². The van der Waals surface area contributed by atoms with Crippen LogP contribution in [0.5, 0.6) is 0 Å². The van der Waals surface area contributed by atoms with Crippen LogP contribution in [-0.4, -0.2) is 24.0 Å². The summed E-state index contributed by atoms with van der Waals surface area (Å²) in [5.74, 6) is -0.835. The van der Waals surface area contributed by atoms with Crippen molar-refractivity contribution in [2.24, 2.45) is 5.92 Å². The lowest BCUT2D eigenvalue weighted by atomic mass is 9.86. The second-order valence-corrected chi connectivity index (χ2v) is 6.34. The molecule has 1 saturated carbocycles. The zero-order valence-corrected chi connectivity index (χ0v) is 14.1. The first-order valence-corrected chi connectivity index (χ1v) is 8.40. The highest BCUT2D eigenvalue weighted by atomic mass is 19.1. The molecule has 0 aliphatic heterocycles. The van der Waals surface area contributed by atoms with Gasteiger partial charge in [-0.25, -0.2) is 9.18 Å². The first kappa shape index (κ1) is 18.2. The lowest BCUT2D eigenvalue weighted by Gasteiger charge is -2.30. The minimum Gasteiger partial charge on any atom is -0.449 e. The predicted molar refractivity (Wildman–Crippen MR) is 90.6 cm³/mol. The molecule has 1 aromatic carbocycles. The molecule has 1 amide bonds. The molecule has 2 rings (SSSR count). The minimum atomic E-state index is -0.858. The zero-order chi connectivity index (χ0) is 17.5. The van der Waals surface area contributed by atoms with Crippen molar-refractivity contribution in [1.29, 1.82) is 0 Å². The molecule has 0 aromatic heterocycles. The summed E-state index contributed by atoms with van der Waals surface area (Å²) in [6, 6.07) is 6.02. The third kappa shape index (κ3) is 5.48. The van der Waals surface area contributed by atoms with E-state index in [1.807, 2.05) is 0 Å². The number of esters is 1. The molecule has 1 fully saturated rings. The van der Waals surface area contributed by atoms with Crippen LogP contribution in [0, 0.1) is 11.7 Å². The smallest absolute Gasteiger partial charge is 0.331 e. The van der Waals surface area contributed by atoms with Crippen molar-refractivity contribution in [3.63, 3.8) is 0 Å². The topological polar surface area (TPSA) is 55.4 Å². The van der Waals surface area contributed by atoms with Crippen molar-refractivity contribution < 1.29 is 18.7 Å².